The molecule has 1 aliphatic rings. The highest BCUT2D eigenvalue weighted by molar-refractivity contribution is 5.25. The number of hydrogen-bond acceptors (Lipinski definition) is 2. The largest absolute Gasteiger partial charge is 0.321 e. The van der Waals surface area contributed by atoms with Gasteiger partial charge in [-0.1, -0.05) is 32.3 Å². The van der Waals surface area contributed by atoms with Crippen molar-refractivity contribution in [1.82, 2.24) is 4.98 Å². The molecule has 88 valence electrons. The Labute approximate surface area is 98.3 Å². The van der Waals surface area contributed by atoms with E-state index in [0.717, 1.165) is 18.8 Å². The van der Waals surface area contributed by atoms with Crippen molar-refractivity contribution < 1.29 is 0 Å². The number of nitrogens with zero attached hydrogens (tertiary/aromatic N) is 1. The molecule has 1 heterocycles. The summed E-state index contributed by atoms with van der Waals surface area (Å²) in [5.74, 6) is 0.791. The van der Waals surface area contributed by atoms with Gasteiger partial charge >= 0.3 is 0 Å². The zero-order chi connectivity index (χ0) is 11.6. The molecule has 1 aromatic heterocycles. The molecule has 0 saturated heterocycles. The highest BCUT2D eigenvalue weighted by Gasteiger charge is 2.33. The van der Waals surface area contributed by atoms with Crippen LogP contribution in [0.5, 0.6) is 0 Å². The molecular weight excluding hydrogens is 196 g/mol. The molecule has 0 aliphatic heterocycles. The molecule has 2 heteroatoms. The fourth-order valence-corrected chi connectivity index (χ4v) is 2.86. The van der Waals surface area contributed by atoms with Crippen molar-refractivity contribution in [2.45, 2.75) is 51.5 Å². The van der Waals surface area contributed by atoms with Gasteiger partial charge in [0.05, 0.1) is 0 Å². The molecule has 0 aromatic carbocycles. The van der Waals surface area contributed by atoms with Crippen LogP contribution in [0.3, 0.4) is 0 Å². The average Bonchev–Trinajstić information content (AvgIpc) is 2.29. The Morgan fingerprint density at radius 1 is 1.50 bits per heavy atom. The lowest BCUT2D eigenvalue weighted by atomic mass is 9.72. The van der Waals surface area contributed by atoms with Crippen molar-refractivity contribution in [1.29, 1.82) is 0 Å². The van der Waals surface area contributed by atoms with Crippen LogP contribution in [-0.2, 0) is 5.54 Å². The van der Waals surface area contributed by atoms with E-state index in [9.17, 15) is 0 Å². The van der Waals surface area contributed by atoms with E-state index in [2.05, 4.69) is 24.9 Å². The summed E-state index contributed by atoms with van der Waals surface area (Å²) in [5.41, 5.74) is 8.88. The molecule has 0 radical (unpaired) electrons. The minimum absolute atomic E-state index is 0.127. The molecule has 2 atom stereocenters. The van der Waals surface area contributed by atoms with E-state index in [1.165, 1.54) is 30.4 Å². The van der Waals surface area contributed by atoms with E-state index in [1.807, 2.05) is 12.4 Å². The first-order chi connectivity index (χ1) is 7.64. The van der Waals surface area contributed by atoms with Gasteiger partial charge in [-0.25, -0.2) is 0 Å². The lowest BCUT2D eigenvalue weighted by Gasteiger charge is -2.38. The molecule has 0 amide bonds. The van der Waals surface area contributed by atoms with E-state index in [4.69, 9.17) is 5.73 Å². The van der Waals surface area contributed by atoms with Crippen molar-refractivity contribution in [2.24, 2.45) is 11.7 Å². The maximum Gasteiger partial charge on any atom is 0.0427 e. The Morgan fingerprint density at radius 2 is 2.31 bits per heavy atom. The topological polar surface area (TPSA) is 38.9 Å². The molecule has 2 unspecified atom stereocenters. The van der Waals surface area contributed by atoms with Gasteiger partial charge in [-0.05, 0) is 36.8 Å². The molecule has 2 N–H and O–H groups in total. The van der Waals surface area contributed by atoms with Crippen LogP contribution in [0.15, 0.2) is 18.5 Å². The van der Waals surface area contributed by atoms with Crippen molar-refractivity contribution in [2.75, 3.05) is 0 Å². The summed E-state index contributed by atoms with van der Waals surface area (Å²) < 4.78 is 0. The minimum Gasteiger partial charge on any atom is -0.321 e. The van der Waals surface area contributed by atoms with Crippen LogP contribution < -0.4 is 5.73 Å². The van der Waals surface area contributed by atoms with Crippen LogP contribution in [0, 0.1) is 12.8 Å². The Morgan fingerprint density at radius 3 is 3.00 bits per heavy atom. The number of rotatable bonds is 2. The number of hydrogen-bond donors (Lipinski definition) is 1. The summed E-state index contributed by atoms with van der Waals surface area (Å²) in [7, 11) is 0. The average molecular weight is 218 g/mol. The second-order valence-corrected chi connectivity index (χ2v) is 5.28. The number of pyridine rings is 1. The third kappa shape index (κ3) is 2.27. The predicted octanol–water partition coefficient (Wildman–Crippen LogP) is 3.14. The Kier molecular flexibility index (Phi) is 3.29. The van der Waals surface area contributed by atoms with Crippen molar-refractivity contribution >= 4 is 0 Å². The standard InChI is InChI=1S/C14H22N2/c1-3-12-5-4-6-14(15,8-12)13-7-11(2)9-16-10-13/h7,9-10,12H,3-6,8,15H2,1-2H3. The summed E-state index contributed by atoms with van der Waals surface area (Å²) in [5, 5.41) is 0. The van der Waals surface area contributed by atoms with Crippen LogP contribution in [0.4, 0.5) is 0 Å². The first-order valence-electron chi connectivity index (χ1n) is 6.35. The summed E-state index contributed by atoms with van der Waals surface area (Å²) in [6, 6.07) is 2.20. The molecule has 2 rings (SSSR count). The first-order valence-corrected chi connectivity index (χ1v) is 6.35. The molecule has 1 aromatic rings. The molecule has 0 spiro atoms. The second kappa shape index (κ2) is 4.54. The fourth-order valence-electron chi connectivity index (χ4n) is 2.86. The van der Waals surface area contributed by atoms with E-state index >= 15 is 0 Å². The van der Waals surface area contributed by atoms with Crippen molar-refractivity contribution in [3.63, 3.8) is 0 Å². The monoisotopic (exact) mass is 218 g/mol. The highest BCUT2D eigenvalue weighted by Crippen LogP contribution is 2.38. The zero-order valence-electron chi connectivity index (χ0n) is 10.4. The molecule has 0 bridgehead atoms. The molecule has 1 fully saturated rings. The zero-order valence-corrected chi connectivity index (χ0v) is 10.4. The third-order valence-corrected chi connectivity index (χ3v) is 3.92. The van der Waals surface area contributed by atoms with Gasteiger partial charge in [-0.3, -0.25) is 4.98 Å². The van der Waals surface area contributed by atoms with Gasteiger partial charge in [0.1, 0.15) is 0 Å². The maximum atomic E-state index is 6.58. The molecular formula is C14H22N2. The smallest absolute Gasteiger partial charge is 0.0427 e. The fraction of sp³-hybridized carbons (Fsp3) is 0.643. The molecule has 1 saturated carbocycles. The lowest BCUT2D eigenvalue weighted by Crippen LogP contribution is -2.41. The number of aromatic nitrogens is 1. The van der Waals surface area contributed by atoms with Gasteiger partial charge in [0.2, 0.25) is 0 Å². The summed E-state index contributed by atoms with van der Waals surface area (Å²) in [4.78, 5) is 4.28. The van der Waals surface area contributed by atoms with Gasteiger partial charge in [0.25, 0.3) is 0 Å². The van der Waals surface area contributed by atoms with E-state index in [-0.39, 0.29) is 5.54 Å². The Bertz CT molecular complexity index is 362. The van der Waals surface area contributed by atoms with Crippen molar-refractivity contribution in [3.05, 3.63) is 29.6 Å². The maximum absolute atomic E-state index is 6.58. The van der Waals surface area contributed by atoms with Crippen LogP contribution >= 0.6 is 0 Å². The summed E-state index contributed by atoms with van der Waals surface area (Å²) >= 11 is 0. The minimum atomic E-state index is -0.127. The second-order valence-electron chi connectivity index (χ2n) is 5.28. The summed E-state index contributed by atoms with van der Waals surface area (Å²) in [6.07, 6.45) is 9.91. The van der Waals surface area contributed by atoms with Crippen LogP contribution in [0.2, 0.25) is 0 Å². The normalized spacial score (nSPS) is 30.3. The highest BCUT2D eigenvalue weighted by atomic mass is 14.8. The van der Waals surface area contributed by atoms with Crippen LogP contribution in [0.25, 0.3) is 0 Å². The van der Waals surface area contributed by atoms with Crippen LogP contribution in [0.1, 0.15) is 50.2 Å². The molecule has 2 nitrogen and oxygen atoms in total. The van der Waals surface area contributed by atoms with Gasteiger partial charge < -0.3 is 5.73 Å². The van der Waals surface area contributed by atoms with Gasteiger partial charge in [-0.15, -0.1) is 0 Å². The Hall–Kier alpha value is -0.890. The number of nitrogens with two attached hydrogens (primary N) is 1. The lowest BCUT2D eigenvalue weighted by molar-refractivity contribution is 0.221. The SMILES string of the molecule is CCC1CCCC(N)(c2cncc(C)c2)C1. The van der Waals surface area contributed by atoms with Crippen LogP contribution in [-0.4, -0.2) is 4.98 Å². The van der Waals surface area contributed by atoms with Gasteiger partial charge in [0, 0.05) is 17.9 Å². The van der Waals surface area contributed by atoms with Gasteiger partial charge in [-0.2, -0.15) is 0 Å². The van der Waals surface area contributed by atoms with E-state index in [1.54, 1.807) is 0 Å². The Balaban J connectivity index is 2.23. The predicted molar refractivity (Wildman–Crippen MR) is 67.1 cm³/mol. The van der Waals surface area contributed by atoms with Gasteiger partial charge in [0.15, 0.2) is 0 Å². The number of aryl methyl sites for hydroxylation is 1. The van der Waals surface area contributed by atoms with Crippen molar-refractivity contribution in [3.8, 4) is 0 Å². The molecule has 1 aliphatic carbocycles. The molecule has 16 heavy (non-hydrogen) atoms. The third-order valence-electron chi connectivity index (χ3n) is 3.92. The first kappa shape index (κ1) is 11.6. The quantitative estimate of drug-likeness (QED) is 0.828. The van der Waals surface area contributed by atoms with E-state index in [0.29, 0.717) is 0 Å². The van der Waals surface area contributed by atoms with E-state index < -0.39 is 0 Å². The summed E-state index contributed by atoms with van der Waals surface area (Å²) in [6.45, 7) is 4.35.